The van der Waals surface area contributed by atoms with E-state index >= 15 is 0 Å². The fourth-order valence-corrected chi connectivity index (χ4v) is 5.35. The topological polar surface area (TPSA) is 21.3 Å². The summed E-state index contributed by atoms with van der Waals surface area (Å²) < 4.78 is 8.78. The van der Waals surface area contributed by atoms with Gasteiger partial charge in [0.15, 0.2) is 0 Å². The monoisotopic (exact) mass is 481 g/mol. The van der Waals surface area contributed by atoms with Gasteiger partial charge in [0, 0.05) is 10.0 Å². The number of benzene rings is 1. The van der Waals surface area contributed by atoms with Crippen molar-refractivity contribution in [3.63, 3.8) is 0 Å². The Morgan fingerprint density at radius 2 is 1.95 bits per heavy atom. The Bertz CT molecular complexity index is 600. The maximum Gasteiger partial charge on any atom is 0.124 e. The molecule has 0 bridgehead atoms. The molecular formula is C14H14Br3NOS. The van der Waals surface area contributed by atoms with E-state index in [9.17, 15) is 0 Å². The van der Waals surface area contributed by atoms with Crippen LogP contribution in [-0.2, 0) is 0 Å². The van der Waals surface area contributed by atoms with Gasteiger partial charge in [0.05, 0.1) is 20.7 Å². The third kappa shape index (κ3) is 3.65. The first kappa shape index (κ1) is 16.5. The number of hydrogen-bond acceptors (Lipinski definition) is 3. The van der Waals surface area contributed by atoms with Crippen molar-refractivity contribution in [2.24, 2.45) is 0 Å². The van der Waals surface area contributed by atoms with E-state index in [1.54, 1.807) is 18.4 Å². The zero-order valence-corrected chi connectivity index (χ0v) is 16.6. The summed E-state index contributed by atoms with van der Waals surface area (Å²) in [5, 5.41) is 3.53. The number of methoxy groups -OCH3 is 1. The molecule has 20 heavy (non-hydrogen) atoms. The van der Waals surface area contributed by atoms with Gasteiger partial charge in [-0.1, -0.05) is 22.9 Å². The maximum atomic E-state index is 5.51. The second kappa shape index (κ2) is 7.40. The van der Waals surface area contributed by atoms with E-state index in [0.29, 0.717) is 0 Å². The van der Waals surface area contributed by atoms with E-state index in [1.165, 1.54) is 5.56 Å². The molecule has 0 saturated heterocycles. The van der Waals surface area contributed by atoms with Gasteiger partial charge in [-0.3, -0.25) is 0 Å². The van der Waals surface area contributed by atoms with Crippen molar-refractivity contribution in [2.75, 3.05) is 13.7 Å². The average Bonchev–Trinajstić information content (AvgIpc) is 2.75. The molecule has 2 aromatic rings. The smallest absolute Gasteiger partial charge is 0.124 e. The summed E-state index contributed by atoms with van der Waals surface area (Å²) in [6, 6.07) is 8.31. The minimum absolute atomic E-state index is 0.0874. The lowest BCUT2D eigenvalue weighted by molar-refractivity contribution is 0.404. The van der Waals surface area contributed by atoms with E-state index in [-0.39, 0.29) is 6.04 Å². The SMILES string of the molecule is CCNC(c1cc(Br)ccc1OC)c1cc(Br)sc1Br. The molecule has 1 heterocycles. The van der Waals surface area contributed by atoms with Gasteiger partial charge in [-0.15, -0.1) is 11.3 Å². The molecule has 0 aliphatic heterocycles. The summed E-state index contributed by atoms with van der Waals surface area (Å²) in [5.41, 5.74) is 2.33. The van der Waals surface area contributed by atoms with Crippen molar-refractivity contribution in [1.82, 2.24) is 5.32 Å². The van der Waals surface area contributed by atoms with Crippen LogP contribution in [0.1, 0.15) is 24.1 Å². The minimum Gasteiger partial charge on any atom is -0.496 e. The van der Waals surface area contributed by atoms with Crippen LogP contribution in [-0.4, -0.2) is 13.7 Å². The van der Waals surface area contributed by atoms with Crippen LogP contribution >= 0.6 is 59.1 Å². The third-order valence-electron chi connectivity index (χ3n) is 2.91. The summed E-state index contributed by atoms with van der Waals surface area (Å²) >= 11 is 12.4. The van der Waals surface area contributed by atoms with Crippen LogP contribution < -0.4 is 10.1 Å². The Kier molecular flexibility index (Phi) is 6.10. The lowest BCUT2D eigenvalue weighted by atomic mass is 10.0. The first-order chi connectivity index (χ1) is 9.56. The van der Waals surface area contributed by atoms with Gasteiger partial charge < -0.3 is 10.1 Å². The van der Waals surface area contributed by atoms with Gasteiger partial charge in [-0.25, -0.2) is 0 Å². The molecule has 108 valence electrons. The number of thiophene rings is 1. The van der Waals surface area contributed by atoms with Crippen LogP contribution in [0.4, 0.5) is 0 Å². The second-order valence-corrected chi connectivity index (χ2v) is 8.82. The zero-order valence-electron chi connectivity index (χ0n) is 11.0. The molecule has 0 radical (unpaired) electrons. The Morgan fingerprint density at radius 3 is 2.50 bits per heavy atom. The molecule has 0 spiro atoms. The van der Waals surface area contributed by atoms with Crippen LogP contribution in [0.3, 0.4) is 0 Å². The Hall–Kier alpha value is 0.120. The fraction of sp³-hybridized carbons (Fsp3) is 0.286. The van der Waals surface area contributed by atoms with Gasteiger partial charge >= 0.3 is 0 Å². The molecular weight excluding hydrogens is 470 g/mol. The Labute approximate surface area is 148 Å². The predicted molar refractivity (Wildman–Crippen MR) is 95.9 cm³/mol. The molecule has 1 aromatic heterocycles. The molecule has 6 heteroatoms. The number of hydrogen-bond donors (Lipinski definition) is 1. The highest BCUT2D eigenvalue weighted by atomic mass is 79.9. The first-order valence-electron chi connectivity index (χ1n) is 6.08. The van der Waals surface area contributed by atoms with E-state index in [2.05, 4.69) is 72.2 Å². The molecule has 1 atom stereocenters. The van der Waals surface area contributed by atoms with E-state index in [4.69, 9.17) is 4.74 Å². The molecule has 2 rings (SSSR count). The van der Waals surface area contributed by atoms with Gasteiger partial charge in [0.25, 0.3) is 0 Å². The zero-order chi connectivity index (χ0) is 14.7. The van der Waals surface area contributed by atoms with Crippen LogP contribution in [0, 0.1) is 0 Å². The fourth-order valence-electron chi connectivity index (χ4n) is 2.07. The molecule has 1 N–H and O–H groups in total. The Balaban J connectivity index is 2.53. The molecule has 2 nitrogen and oxygen atoms in total. The lowest BCUT2D eigenvalue weighted by Crippen LogP contribution is -2.22. The third-order valence-corrected chi connectivity index (χ3v) is 5.78. The summed E-state index contributed by atoms with van der Waals surface area (Å²) in [7, 11) is 1.70. The van der Waals surface area contributed by atoms with Crippen molar-refractivity contribution in [3.8, 4) is 5.75 Å². The standard InChI is InChI=1S/C14H14Br3NOS/c1-3-18-13(10-7-12(16)20-14(10)17)9-6-8(15)4-5-11(9)19-2/h4-7,13,18H,3H2,1-2H3. The first-order valence-corrected chi connectivity index (χ1v) is 9.28. The van der Waals surface area contributed by atoms with Gasteiger partial charge in [0.2, 0.25) is 0 Å². The molecule has 0 saturated carbocycles. The van der Waals surface area contributed by atoms with Crippen molar-refractivity contribution < 1.29 is 4.74 Å². The molecule has 0 aliphatic rings. The van der Waals surface area contributed by atoms with Crippen molar-refractivity contribution in [3.05, 3.63) is 47.4 Å². The van der Waals surface area contributed by atoms with Crippen LogP contribution in [0.2, 0.25) is 0 Å². The average molecular weight is 484 g/mol. The highest BCUT2D eigenvalue weighted by Crippen LogP contribution is 2.40. The molecule has 1 unspecified atom stereocenters. The largest absolute Gasteiger partial charge is 0.496 e. The highest BCUT2D eigenvalue weighted by Gasteiger charge is 2.21. The molecule has 0 fully saturated rings. The normalized spacial score (nSPS) is 12.4. The summed E-state index contributed by atoms with van der Waals surface area (Å²) in [6.07, 6.45) is 0. The van der Waals surface area contributed by atoms with Crippen molar-refractivity contribution >= 4 is 59.1 Å². The molecule has 1 aromatic carbocycles. The van der Waals surface area contributed by atoms with Gasteiger partial charge in [-0.2, -0.15) is 0 Å². The van der Waals surface area contributed by atoms with E-state index in [1.807, 2.05) is 12.1 Å². The summed E-state index contributed by atoms with van der Waals surface area (Å²) in [4.78, 5) is 0. The van der Waals surface area contributed by atoms with Crippen LogP contribution in [0.25, 0.3) is 0 Å². The predicted octanol–water partition coefficient (Wildman–Crippen LogP) is 5.74. The van der Waals surface area contributed by atoms with E-state index < -0.39 is 0 Å². The lowest BCUT2D eigenvalue weighted by Gasteiger charge is -2.21. The number of nitrogens with one attached hydrogen (secondary N) is 1. The van der Waals surface area contributed by atoms with Gasteiger partial charge in [0.1, 0.15) is 5.75 Å². The molecule has 0 aliphatic carbocycles. The Morgan fingerprint density at radius 1 is 1.20 bits per heavy atom. The summed E-state index contributed by atoms with van der Waals surface area (Å²) in [6.45, 7) is 2.98. The van der Waals surface area contributed by atoms with Crippen LogP contribution in [0.5, 0.6) is 5.75 Å². The maximum absolute atomic E-state index is 5.51. The second-order valence-electron chi connectivity index (χ2n) is 4.16. The minimum atomic E-state index is 0.0874. The van der Waals surface area contributed by atoms with Crippen molar-refractivity contribution in [2.45, 2.75) is 13.0 Å². The highest BCUT2D eigenvalue weighted by molar-refractivity contribution is 9.12. The van der Waals surface area contributed by atoms with Crippen molar-refractivity contribution in [1.29, 1.82) is 0 Å². The summed E-state index contributed by atoms with van der Waals surface area (Å²) in [5.74, 6) is 0.883. The quantitative estimate of drug-likeness (QED) is 0.585. The van der Waals surface area contributed by atoms with E-state index in [0.717, 1.165) is 29.9 Å². The number of halogens is 3. The molecule has 0 amide bonds. The van der Waals surface area contributed by atoms with Gasteiger partial charge in [-0.05, 0) is 68.2 Å². The number of rotatable bonds is 5. The number of ether oxygens (including phenoxy) is 1. The van der Waals surface area contributed by atoms with Crippen LogP contribution in [0.15, 0.2) is 36.3 Å².